The van der Waals surface area contributed by atoms with E-state index in [0.29, 0.717) is 17.8 Å². The van der Waals surface area contributed by atoms with Crippen LogP contribution in [0.25, 0.3) is 0 Å². The highest BCUT2D eigenvalue weighted by Crippen LogP contribution is 2.70. The lowest BCUT2D eigenvalue weighted by molar-refractivity contribution is -0.214. The highest BCUT2D eigenvalue weighted by atomic mass is 16.3. The molecule has 4 aliphatic rings. The van der Waals surface area contributed by atoms with Crippen molar-refractivity contribution in [2.45, 2.75) is 78.4 Å². The van der Waals surface area contributed by atoms with Crippen molar-refractivity contribution in [1.82, 2.24) is 0 Å². The zero-order valence-electron chi connectivity index (χ0n) is 14.6. The van der Waals surface area contributed by atoms with Gasteiger partial charge in [-0.3, -0.25) is 0 Å². The van der Waals surface area contributed by atoms with Gasteiger partial charge in [-0.2, -0.15) is 0 Å². The first-order valence-electron chi connectivity index (χ1n) is 9.28. The molecule has 3 saturated carbocycles. The third-order valence-corrected chi connectivity index (χ3v) is 8.26. The van der Waals surface area contributed by atoms with Crippen LogP contribution in [0.2, 0.25) is 0 Å². The van der Waals surface area contributed by atoms with Crippen molar-refractivity contribution in [3.8, 4) is 0 Å². The first-order chi connectivity index (χ1) is 10.2. The van der Waals surface area contributed by atoms with Gasteiger partial charge in [0.2, 0.25) is 0 Å². The molecule has 0 radical (unpaired) electrons. The summed E-state index contributed by atoms with van der Waals surface area (Å²) in [5, 5.41) is 22.2. The maximum Gasteiger partial charge on any atom is 0.0699 e. The minimum atomic E-state index is -0.271. The second kappa shape index (κ2) is 4.39. The van der Waals surface area contributed by atoms with Crippen LogP contribution < -0.4 is 0 Å². The van der Waals surface area contributed by atoms with Crippen molar-refractivity contribution in [3.05, 3.63) is 11.6 Å². The fraction of sp³-hybridized carbons (Fsp3) is 0.900. The molecule has 0 amide bonds. The van der Waals surface area contributed by atoms with Crippen LogP contribution in [0.15, 0.2) is 11.6 Å². The molecule has 1 spiro atoms. The molecule has 0 heterocycles. The third-order valence-electron chi connectivity index (χ3n) is 8.26. The number of rotatable bonds is 0. The van der Waals surface area contributed by atoms with Gasteiger partial charge in [-0.05, 0) is 61.7 Å². The molecule has 2 bridgehead atoms. The molecule has 2 heteroatoms. The molecule has 0 aromatic carbocycles. The molecule has 0 aromatic rings. The Kier molecular flexibility index (Phi) is 3.03. The molecule has 22 heavy (non-hydrogen) atoms. The number of fused-ring (bicyclic) bond motifs is 3. The molecule has 0 saturated heterocycles. The largest absolute Gasteiger partial charge is 0.393 e. The van der Waals surface area contributed by atoms with Gasteiger partial charge in [0.15, 0.2) is 0 Å². The zero-order chi connectivity index (χ0) is 15.9. The summed E-state index contributed by atoms with van der Waals surface area (Å²) < 4.78 is 0. The first-order valence-corrected chi connectivity index (χ1v) is 9.28. The number of hydrogen-bond donors (Lipinski definition) is 2. The second-order valence-corrected chi connectivity index (χ2v) is 9.78. The highest BCUT2D eigenvalue weighted by Gasteiger charge is 2.67. The molecular formula is C20H32O2. The van der Waals surface area contributed by atoms with Crippen LogP contribution in [-0.2, 0) is 0 Å². The van der Waals surface area contributed by atoms with Crippen molar-refractivity contribution >= 4 is 0 Å². The third kappa shape index (κ3) is 1.64. The van der Waals surface area contributed by atoms with Crippen molar-refractivity contribution in [2.75, 3.05) is 0 Å². The lowest BCUT2D eigenvalue weighted by Crippen LogP contribution is -2.64. The van der Waals surface area contributed by atoms with E-state index in [1.165, 1.54) is 31.3 Å². The molecule has 4 rings (SSSR count). The van der Waals surface area contributed by atoms with Gasteiger partial charge in [-0.15, -0.1) is 0 Å². The first kappa shape index (κ1) is 15.2. The monoisotopic (exact) mass is 304 g/mol. The topological polar surface area (TPSA) is 40.5 Å². The zero-order valence-corrected chi connectivity index (χ0v) is 14.6. The second-order valence-electron chi connectivity index (χ2n) is 9.78. The van der Waals surface area contributed by atoms with Gasteiger partial charge in [0.25, 0.3) is 0 Å². The number of aliphatic hydroxyl groups excluding tert-OH is 2. The summed E-state index contributed by atoms with van der Waals surface area (Å²) in [6.45, 7) is 9.33. The fourth-order valence-corrected chi connectivity index (χ4v) is 7.77. The Labute approximate surface area is 135 Å². The molecule has 7 atom stereocenters. The van der Waals surface area contributed by atoms with Crippen LogP contribution in [-0.4, -0.2) is 22.4 Å². The van der Waals surface area contributed by atoms with Crippen molar-refractivity contribution in [3.63, 3.8) is 0 Å². The minimum Gasteiger partial charge on any atom is -0.393 e. The smallest absolute Gasteiger partial charge is 0.0699 e. The summed E-state index contributed by atoms with van der Waals surface area (Å²) in [6, 6.07) is 0. The van der Waals surface area contributed by atoms with Gasteiger partial charge in [0, 0.05) is 11.3 Å². The van der Waals surface area contributed by atoms with E-state index in [2.05, 4.69) is 33.8 Å². The van der Waals surface area contributed by atoms with Crippen LogP contribution in [0.3, 0.4) is 0 Å². The molecule has 2 N–H and O–H groups in total. The molecule has 3 fully saturated rings. The van der Waals surface area contributed by atoms with Crippen LogP contribution in [0.5, 0.6) is 0 Å². The summed E-state index contributed by atoms with van der Waals surface area (Å²) >= 11 is 0. The van der Waals surface area contributed by atoms with Crippen molar-refractivity contribution < 1.29 is 10.2 Å². The molecule has 124 valence electrons. The number of hydrogen-bond acceptors (Lipinski definition) is 2. The Morgan fingerprint density at radius 2 is 1.82 bits per heavy atom. The van der Waals surface area contributed by atoms with E-state index in [4.69, 9.17) is 0 Å². The maximum absolute atomic E-state index is 11.1. The Morgan fingerprint density at radius 1 is 1.09 bits per heavy atom. The molecular weight excluding hydrogens is 272 g/mol. The van der Waals surface area contributed by atoms with Gasteiger partial charge in [0.1, 0.15) is 0 Å². The van der Waals surface area contributed by atoms with E-state index in [-0.39, 0.29) is 28.5 Å². The van der Waals surface area contributed by atoms with Gasteiger partial charge >= 0.3 is 0 Å². The van der Waals surface area contributed by atoms with Crippen molar-refractivity contribution in [2.24, 2.45) is 34.0 Å². The van der Waals surface area contributed by atoms with E-state index in [1.54, 1.807) is 0 Å². The fourth-order valence-electron chi connectivity index (χ4n) is 7.77. The van der Waals surface area contributed by atoms with Gasteiger partial charge in [-0.1, -0.05) is 38.8 Å². The minimum absolute atomic E-state index is 0.148. The Balaban J connectivity index is 1.84. The van der Waals surface area contributed by atoms with E-state index in [9.17, 15) is 10.2 Å². The molecule has 0 aromatic heterocycles. The highest BCUT2D eigenvalue weighted by molar-refractivity contribution is 5.31. The quantitative estimate of drug-likeness (QED) is 0.666. The summed E-state index contributed by atoms with van der Waals surface area (Å²) in [7, 11) is 0. The molecule has 4 aliphatic carbocycles. The predicted molar refractivity (Wildman–Crippen MR) is 88.3 cm³/mol. The van der Waals surface area contributed by atoms with E-state index in [0.717, 1.165) is 12.8 Å². The Bertz CT molecular complexity index is 522. The van der Waals surface area contributed by atoms with E-state index in [1.807, 2.05) is 0 Å². The summed E-state index contributed by atoms with van der Waals surface area (Å²) in [5.41, 5.74) is 1.62. The molecule has 2 nitrogen and oxygen atoms in total. The van der Waals surface area contributed by atoms with Crippen LogP contribution in [0.1, 0.15) is 66.2 Å². The van der Waals surface area contributed by atoms with Gasteiger partial charge in [0.05, 0.1) is 12.2 Å². The average Bonchev–Trinajstić information content (AvgIpc) is 2.54. The van der Waals surface area contributed by atoms with Crippen LogP contribution in [0.4, 0.5) is 0 Å². The van der Waals surface area contributed by atoms with Gasteiger partial charge in [-0.25, -0.2) is 0 Å². The normalized spacial score (nSPS) is 56.1. The van der Waals surface area contributed by atoms with Crippen LogP contribution in [0, 0.1) is 34.0 Å². The standard InChI is InChI=1S/C20H32O2/c1-12-10-20-11-14(21)16-18(2,3)8-5-9-19(16,4)15(20)7-6-13(12)17(20)22/h10,13-17,21-22H,5-9,11H2,1-4H3/t13-,14+,15+,16-,17+,19+,20+/m0/s1. The summed E-state index contributed by atoms with van der Waals surface area (Å²) in [5.74, 6) is 1.26. The van der Waals surface area contributed by atoms with E-state index >= 15 is 0 Å². The predicted octanol–water partition coefficient (Wildman–Crippen LogP) is 3.92. The Morgan fingerprint density at radius 3 is 2.55 bits per heavy atom. The maximum atomic E-state index is 11.1. The SMILES string of the molecule is CC1=C[C@@]23C[C@@H](O)[C@H]4C(C)(C)CCC[C@]4(C)[C@H]2CC[C@@H]1[C@H]3O. The molecule has 0 aliphatic heterocycles. The lowest BCUT2D eigenvalue weighted by atomic mass is 9.40. The lowest BCUT2D eigenvalue weighted by Gasteiger charge is -2.66. The number of aliphatic hydroxyl groups is 2. The average molecular weight is 304 g/mol. The van der Waals surface area contributed by atoms with E-state index < -0.39 is 0 Å². The summed E-state index contributed by atoms with van der Waals surface area (Å²) in [6.07, 6.45) is 8.69. The Hall–Kier alpha value is -0.340. The van der Waals surface area contributed by atoms with Crippen LogP contribution >= 0.6 is 0 Å². The molecule has 0 unspecified atom stereocenters. The van der Waals surface area contributed by atoms with Crippen molar-refractivity contribution in [1.29, 1.82) is 0 Å². The van der Waals surface area contributed by atoms with Gasteiger partial charge < -0.3 is 10.2 Å². The summed E-state index contributed by atoms with van der Waals surface area (Å²) in [4.78, 5) is 0.